The highest BCUT2D eigenvalue weighted by atomic mass is 16.2. The van der Waals surface area contributed by atoms with Crippen molar-refractivity contribution in [2.75, 3.05) is 23.7 Å². The molecule has 2 atom stereocenters. The van der Waals surface area contributed by atoms with Gasteiger partial charge in [-0.1, -0.05) is 12.8 Å². The summed E-state index contributed by atoms with van der Waals surface area (Å²) in [5, 5.41) is 9.60. The fourth-order valence-corrected chi connectivity index (χ4v) is 4.93. The van der Waals surface area contributed by atoms with Crippen molar-refractivity contribution in [3.05, 3.63) is 24.3 Å². The van der Waals surface area contributed by atoms with Crippen molar-refractivity contribution < 1.29 is 9.59 Å². The second-order valence-corrected chi connectivity index (χ2v) is 8.64. The first-order chi connectivity index (χ1) is 13.7. The zero-order valence-electron chi connectivity index (χ0n) is 16.6. The molecule has 0 aliphatic carbocycles. The fraction of sp³-hybridized carbons (Fsp3) is 0.636. The molecule has 3 aliphatic heterocycles. The van der Waals surface area contributed by atoms with E-state index in [0.717, 1.165) is 50.1 Å². The molecule has 3 saturated heterocycles. The van der Waals surface area contributed by atoms with Gasteiger partial charge in [-0.25, -0.2) is 4.79 Å². The maximum atomic E-state index is 12.4. The van der Waals surface area contributed by atoms with E-state index in [2.05, 4.69) is 16.0 Å². The van der Waals surface area contributed by atoms with Crippen molar-refractivity contribution in [1.82, 2.24) is 10.2 Å². The van der Waals surface area contributed by atoms with Gasteiger partial charge < -0.3 is 20.9 Å². The Morgan fingerprint density at radius 3 is 2.07 bits per heavy atom. The Hall–Kier alpha value is -2.08. The first-order valence-corrected chi connectivity index (χ1v) is 10.9. The molecule has 0 radical (unpaired) electrons. The molecule has 3 aliphatic rings. The van der Waals surface area contributed by atoms with E-state index in [1.165, 1.54) is 25.7 Å². The van der Waals surface area contributed by atoms with Crippen LogP contribution in [0.3, 0.4) is 0 Å². The van der Waals surface area contributed by atoms with E-state index in [0.29, 0.717) is 24.4 Å². The van der Waals surface area contributed by atoms with E-state index in [4.69, 9.17) is 0 Å². The molecule has 3 heterocycles. The maximum absolute atomic E-state index is 12.4. The lowest BCUT2D eigenvalue weighted by atomic mass is 9.89. The second kappa shape index (κ2) is 8.95. The number of carbonyl (C=O) groups excluding carboxylic acids is 2. The zero-order chi connectivity index (χ0) is 19.3. The normalized spacial score (nSPS) is 27.1. The van der Waals surface area contributed by atoms with Crippen molar-refractivity contribution in [2.24, 2.45) is 5.92 Å². The van der Waals surface area contributed by atoms with E-state index < -0.39 is 0 Å². The zero-order valence-corrected chi connectivity index (χ0v) is 16.6. The van der Waals surface area contributed by atoms with Gasteiger partial charge in [0.2, 0.25) is 5.91 Å². The number of rotatable bonds is 4. The van der Waals surface area contributed by atoms with Crippen LogP contribution in [-0.4, -0.2) is 42.0 Å². The van der Waals surface area contributed by atoms with Gasteiger partial charge in [-0.05, 0) is 68.7 Å². The number of urea groups is 1. The average Bonchev–Trinajstić information content (AvgIpc) is 2.88. The Morgan fingerprint density at radius 1 is 0.893 bits per heavy atom. The number of nitrogens with zero attached hydrogens (tertiary/aromatic N) is 1. The van der Waals surface area contributed by atoms with Gasteiger partial charge >= 0.3 is 6.03 Å². The van der Waals surface area contributed by atoms with E-state index in [9.17, 15) is 9.59 Å². The van der Waals surface area contributed by atoms with Crippen LogP contribution in [0.2, 0.25) is 0 Å². The summed E-state index contributed by atoms with van der Waals surface area (Å²) in [4.78, 5) is 26.7. The number of benzene rings is 1. The number of fused-ring (bicyclic) bond motifs is 2. The third-order valence-corrected chi connectivity index (χ3v) is 6.36. The van der Waals surface area contributed by atoms with Crippen LogP contribution in [0.5, 0.6) is 0 Å². The van der Waals surface area contributed by atoms with Crippen LogP contribution in [0.1, 0.15) is 57.8 Å². The predicted molar refractivity (Wildman–Crippen MR) is 111 cm³/mol. The molecule has 0 saturated carbocycles. The summed E-state index contributed by atoms with van der Waals surface area (Å²) in [5.41, 5.74) is 1.55. The van der Waals surface area contributed by atoms with E-state index in [1.54, 1.807) is 0 Å². The van der Waals surface area contributed by atoms with Crippen LogP contribution in [-0.2, 0) is 4.79 Å². The first-order valence-electron chi connectivity index (χ1n) is 10.9. The molecule has 2 bridgehead atoms. The number of anilines is 2. The summed E-state index contributed by atoms with van der Waals surface area (Å²) >= 11 is 0. The van der Waals surface area contributed by atoms with E-state index in [1.807, 2.05) is 29.2 Å². The maximum Gasteiger partial charge on any atom is 0.321 e. The van der Waals surface area contributed by atoms with E-state index >= 15 is 0 Å². The molecule has 0 spiro atoms. The van der Waals surface area contributed by atoms with Gasteiger partial charge in [0.1, 0.15) is 0 Å². The largest absolute Gasteiger partial charge is 0.326 e. The third-order valence-electron chi connectivity index (χ3n) is 6.36. The number of likely N-dealkylation sites (tertiary alicyclic amines) is 1. The number of hydrogen-bond donors (Lipinski definition) is 3. The summed E-state index contributed by atoms with van der Waals surface area (Å²) in [5.74, 6) is 0.582. The summed E-state index contributed by atoms with van der Waals surface area (Å²) in [6, 6.07) is 8.64. The van der Waals surface area contributed by atoms with Crippen LogP contribution in [0.15, 0.2) is 24.3 Å². The predicted octanol–water partition coefficient (Wildman–Crippen LogP) is 3.95. The molecule has 4 rings (SSSR count). The van der Waals surface area contributed by atoms with Gasteiger partial charge in [-0.3, -0.25) is 4.79 Å². The minimum absolute atomic E-state index is 0.0285. The molecule has 3 amide bonds. The number of piperidine rings is 1. The highest BCUT2D eigenvalue weighted by Crippen LogP contribution is 2.32. The van der Waals surface area contributed by atoms with Crippen molar-refractivity contribution in [2.45, 2.75) is 69.9 Å². The number of nitrogens with one attached hydrogen (secondary N) is 3. The number of amides is 3. The van der Waals surface area contributed by atoms with E-state index in [-0.39, 0.29) is 11.9 Å². The molecular weight excluding hydrogens is 352 g/mol. The van der Waals surface area contributed by atoms with Crippen LogP contribution < -0.4 is 16.0 Å². The fourth-order valence-electron chi connectivity index (χ4n) is 4.93. The van der Waals surface area contributed by atoms with Crippen molar-refractivity contribution in [1.29, 1.82) is 0 Å². The average molecular weight is 385 g/mol. The minimum Gasteiger partial charge on any atom is -0.326 e. The SMILES string of the molecule is O=C(CC1CC2CCC(C1)N2)Nc1ccc(NC(=O)N2CCCCCC2)cc1. The van der Waals surface area contributed by atoms with Gasteiger partial charge in [0.05, 0.1) is 0 Å². The second-order valence-electron chi connectivity index (χ2n) is 8.64. The standard InChI is InChI=1S/C22H32N4O2/c27-21(15-16-13-19-9-10-20(14-16)23-19)24-17-5-7-18(8-6-17)25-22(28)26-11-3-1-2-4-12-26/h5-8,16,19-20,23H,1-4,9-15H2,(H,24,27)(H,25,28). The highest BCUT2D eigenvalue weighted by molar-refractivity contribution is 5.92. The van der Waals surface area contributed by atoms with Gasteiger partial charge in [0.15, 0.2) is 0 Å². The summed E-state index contributed by atoms with van der Waals surface area (Å²) in [6.07, 6.45) is 9.92. The first kappa shape index (κ1) is 19.2. The Bertz CT molecular complexity index is 670. The lowest BCUT2D eigenvalue weighted by molar-refractivity contribution is -0.117. The molecule has 152 valence electrons. The molecule has 2 unspecified atom stereocenters. The molecule has 3 fully saturated rings. The summed E-state index contributed by atoms with van der Waals surface area (Å²) < 4.78 is 0. The third kappa shape index (κ3) is 5.04. The number of carbonyl (C=O) groups is 2. The van der Waals surface area contributed by atoms with Gasteiger partial charge in [0.25, 0.3) is 0 Å². The number of hydrogen-bond acceptors (Lipinski definition) is 3. The molecule has 1 aromatic rings. The quantitative estimate of drug-likeness (QED) is 0.736. The lowest BCUT2D eigenvalue weighted by Crippen LogP contribution is -2.39. The lowest BCUT2D eigenvalue weighted by Gasteiger charge is -2.28. The molecular formula is C22H32N4O2. The van der Waals surface area contributed by atoms with Crippen molar-refractivity contribution in [3.8, 4) is 0 Å². The molecule has 0 aromatic heterocycles. The molecule has 1 aromatic carbocycles. The Labute approximate surface area is 167 Å². The Balaban J connectivity index is 1.24. The molecule has 28 heavy (non-hydrogen) atoms. The van der Waals surface area contributed by atoms with Gasteiger partial charge in [0, 0.05) is 43.0 Å². The molecule has 3 N–H and O–H groups in total. The summed E-state index contributed by atoms with van der Waals surface area (Å²) in [6.45, 7) is 1.66. The van der Waals surface area contributed by atoms with Gasteiger partial charge in [-0.15, -0.1) is 0 Å². The van der Waals surface area contributed by atoms with Crippen LogP contribution >= 0.6 is 0 Å². The minimum atomic E-state index is -0.0285. The van der Waals surface area contributed by atoms with Crippen LogP contribution in [0, 0.1) is 5.92 Å². The Morgan fingerprint density at radius 2 is 1.46 bits per heavy atom. The smallest absolute Gasteiger partial charge is 0.321 e. The monoisotopic (exact) mass is 384 g/mol. The van der Waals surface area contributed by atoms with Crippen molar-refractivity contribution >= 4 is 23.3 Å². The molecule has 6 heteroatoms. The topological polar surface area (TPSA) is 73.5 Å². The van der Waals surface area contributed by atoms with Gasteiger partial charge in [-0.2, -0.15) is 0 Å². The highest BCUT2D eigenvalue weighted by Gasteiger charge is 2.34. The molecule has 6 nitrogen and oxygen atoms in total. The van der Waals surface area contributed by atoms with Crippen LogP contribution in [0.4, 0.5) is 16.2 Å². The Kier molecular flexibility index (Phi) is 6.15. The van der Waals surface area contributed by atoms with Crippen LogP contribution in [0.25, 0.3) is 0 Å². The summed E-state index contributed by atoms with van der Waals surface area (Å²) in [7, 11) is 0. The van der Waals surface area contributed by atoms with Crippen molar-refractivity contribution in [3.63, 3.8) is 0 Å².